The van der Waals surface area contributed by atoms with Gasteiger partial charge in [-0.05, 0) is 48.4 Å². The largest absolute Gasteiger partial charge is 0.454 e. The molecule has 0 saturated carbocycles. The van der Waals surface area contributed by atoms with Gasteiger partial charge in [0.15, 0.2) is 11.5 Å². The molecule has 0 saturated heterocycles. The van der Waals surface area contributed by atoms with E-state index in [-0.39, 0.29) is 24.6 Å². The van der Waals surface area contributed by atoms with Crippen LogP contribution in [0, 0.1) is 5.82 Å². The average Bonchev–Trinajstić information content (AvgIpc) is 3.03. The number of carbonyl (C=O) groups is 1. The zero-order valence-corrected chi connectivity index (χ0v) is 13.0. The lowest BCUT2D eigenvalue weighted by molar-refractivity contribution is 0.0934. The highest BCUT2D eigenvalue weighted by Gasteiger charge is 2.24. The van der Waals surface area contributed by atoms with Gasteiger partial charge in [0, 0.05) is 16.2 Å². The molecule has 0 aliphatic carbocycles. The van der Waals surface area contributed by atoms with Gasteiger partial charge in [-0.3, -0.25) is 4.79 Å². The van der Waals surface area contributed by atoms with Gasteiger partial charge in [-0.2, -0.15) is 0 Å². The number of carbonyl (C=O) groups excluding carboxylic acids is 1. The second-order valence-corrected chi connectivity index (χ2v) is 6.55. The number of hydrogen-bond donors (Lipinski definition) is 1. The van der Waals surface area contributed by atoms with E-state index in [1.807, 2.05) is 0 Å². The van der Waals surface area contributed by atoms with E-state index in [2.05, 4.69) is 5.32 Å². The standard InChI is InChI=1S/C17H14FNO3S/c18-11-2-4-16-12(8-11)13(5-6-23-16)19-17(20)10-1-3-14-15(7-10)22-9-21-14/h1-4,7-8,13H,5-6,9H2,(H,19,20). The summed E-state index contributed by atoms with van der Waals surface area (Å²) >= 11 is 1.69. The molecule has 6 heteroatoms. The molecule has 1 atom stereocenters. The smallest absolute Gasteiger partial charge is 0.251 e. The number of thioether (sulfide) groups is 1. The maximum atomic E-state index is 13.5. The maximum absolute atomic E-state index is 13.5. The van der Waals surface area contributed by atoms with Crippen LogP contribution >= 0.6 is 11.8 Å². The molecule has 2 aromatic rings. The van der Waals surface area contributed by atoms with Crippen LogP contribution in [-0.2, 0) is 0 Å². The third-order valence-electron chi connectivity index (χ3n) is 3.95. The van der Waals surface area contributed by atoms with Gasteiger partial charge >= 0.3 is 0 Å². The minimum atomic E-state index is -0.284. The first-order chi connectivity index (χ1) is 11.2. The number of hydrogen-bond acceptors (Lipinski definition) is 4. The number of halogens is 1. The monoisotopic (exact) mass is 331 g/mol. The van der Waals surface area contributed by atoms with E-state index < -0.39 is 0 Å². The molecule has 0 spiro atoms. The Hall–Kier alpha value is -2.21. The number of nitrogens with one attached hydrogen (secondary N) is 1. The Balaban J connectivity index is 1.57. The van der Waals surface area contributed by atoms with Crippen molar-refractivity contribution >= 4 is 17.7 Å². The van der Waals surface area contributed by atoms with Crippen molar-refractivity contribution in [3.8, 4) is 11.5 Å². The molecule has 23 heavy (non-hydrogen) atoms. The summed E-state index contributed by atoms with van der Waals surface area (Å²) in [4.78, 5) is 13.5. The first kappa shape index (κ1) is 14.4. The minimum Gasteiger partial charge on any atom is -0.454 e. The Labute approximate surface area is 137 Å². The normalized spacial score (nSPS) is 18.4. The lowest BCUT2D eigenvalue weighted by Crippen LogP contribution is -2.30. The van der Waals surface area contributed by atoms with Crippen molar-refractivity contribution in [2.45, 2.75) is 17.4 Å². The molecule has 4 rings (SSSR count). The summed E-state index contributed by atoms with van der Waals surface area (Å²) in [6.07, 6.45) is 0.775. The quantitative estimate of drug-likeness (QED) is 0.915. The van der Waals surface area contributed by atoms with Crippen LogP contribution in [-0.4, -0.2) is 18.5 Å². The highest BCUT2D eigenvalue weighted by molar-refractivity contribution is 7.99. The number of amides is 1. The summed E-state index contributed by atoms with van der Waals surface area (Å²) in [5, 5.41) is 2.99. The Kier molecular flexibility index (Phi) is 3.61. The van der Waals surface area contributed by atoms with E-state index in [0.717, 1.165) is 22.6 Å². The number of benzene rings is 2. The van der Waals surface area contributed by atoms with Crippen molar-refractivity contribution in [1.29, 1.82) is 0 Å². The molecule has 4 nitrogen and oxygen atoms in total. The fraction of sp³-hybridized carbons (Fsp3) is 0.235. The predicted molar refractivity (Wildman–Crippen MR) is 84.5 cm³/mol. The molecule has 0 fully saturated rings. The van der Waals surface area contributed by atoms with E-state index in [1.165, 1.54) is 12.1 Å². The van der Waals surface area contributed by atoms with Crippen molar-refractivity contribution in [1.82, 2.24) is 5.32 Å². The van der Waals surface area contributed by atoms with E-state index >= 15 is 0 Å². The van der Waals surface area contributed by atoms with Gasteiger partial charge in [0.25, 0.3) is 5.91 Å². The molecular formula is C17H14FNO3S. The number of rotatable bonds is 2. The summed E-state index contributed by atoms with van der Waals surface area (Å²) in [5.41, 5.74) is 1.35. The fourth-order valence-corrected chi connectivity index (χ4v) is 3.90. The summed E-state index contributed by atoms with van der Waals surface area (Å²) in [5.74, 6) is 1.63. The topological polar surface area (TPSA) is 47.6 Å². The van der Waals surface area contributed by atoms with Gasteiger partial charge < -0.3 is 14.8 Å². The first-order valence-corrected chi connectivity index (χ1v) is 8.32. The molecule has 1 unspecified atom stereocenters. The van der Waals surface area contributed by atoms with Crippen LogP contribution in [0.4, 0.5) is 4.39 Å². The summed E-state index contributed by atoms with van der Waals surface area (Å²) in [6.45, 7) is 0.174. The molecule has 0 radical (unpaired) electrons. The van der Waals surface area contributed by atoms with Gasteiger partial charge in [-0.1, -0.05) is 0 Å². The average molecular weight is 331 g/mol. The molecule has 1 amide bonds. The molecule has 118 valence electrons. The lowest BCUT2D eigenvalue weighted by atomic mass is 10.0. The Morgan fingerprint density at radius 1 is 1.17 bits per heavy atom. The van der Waals surface area contributed by atoms with Crippen molar-refractivity contribution < 1.29 is 18.7 Å². The molecule has 2 aromatic carbocycles. The van der Waals surface area contributed by atoms with Crippen LogP contribution in [0.3, 0.4) is 0 Å². The second-order valence-electron chi connectivity index (χ2n) is 5.41. The second kappa shape index (κ2) is 5.77. The number of ether oxygens (including phenoxy) is 2. The summed E-state index contributed by atoms with van der Waals surface area (Å²) in [7, 11) is 0. The fourth-order valence-electron chi connectivity index (χ4n) is 2.79. The van der Waals surface area contributed by atoms with Crippen LogP contribution in [0.1, 0.15) is 28.4 Å². The van der Waals surface area contributed by atoms with Gasteiger partial charge in [0.05, 0.1) is 6.04 Å². The Morgan fingerprint density at radius 3 is 2.96 bits per heavy atom. The molecule has 2 heterocycles. The Bertz CT molecular complexity index is 780. The van der Waals surface area contributed by atoms with E-state index in [9.17, 15) is 9.18 Å². The van der Waals surface area contributed by atoms with Crippen LogP contribution in [0.2, 0.25) is 0 Å². The minimum absolute atomic E-state index is 0.174. The van der Waals surface area contributed by atoms with Crippen LogP contribution in [0.5, 0.6) is 11.5 Å². The van der Waals surface area contributed by atoms with Gasteiger partial charge in [-0.25, -0.2) is 4.39 Å². The molecule has 2 aliphatic heterocycles. The van der Waals surface area contributed by atoms with Crippen LogP contribution < -0.4 is 14.8 Å². The molecule has 1 N–H and O–H groups in total. The van der Waals surface area contributed by atoms with Gasteiger partial charge in [-0.15, -0.1) is 11.8 Å². The maximum Gasteiger partial charge on any atom is 0.251 e. The molecule has 0 bridgehead atoms. The van der Waals surface area contributed by atoms with E-state index in [0.29, 0.717) is 17.1 Å². The molecule has 2 aliphatic rings. The summed E-state index contributed by atoms with van der Waals surface area (Å²) < 4.78 is 24.1. The van der Waals surface area contributed by atoms with Crippen molar-refractivity contribution in [3.63, 3.8) is 0 Å². The SMILES string of the molecule is O=C(NC1CCSc2ccc(F)cc21)c1ccc2c(c1)OCO2. The van der Waals surface area contributed by atoms with E-state index in [4.69, 9.17) is 9.47 Å². The lowest BCUT2D eigenvalue weighted by Gasteiger charge is -2.26. The van der Waals surface area contributed by atoms with Crippen LogP contribution in [0.25, 0.3) is 0 Å². The summed E-state index contributed by atoms with van der Waals surface area (Å²) in [6, 6.07) is 9.64. The molecular weight excluding hydrogens is 317 g/mol. The van der Waals surface area contributed by atoms with Crippen molar-refractivity contribution in [2.24, 2.45) is 0 Å². The number of fused-ring (bicyclic) bond motifs is 2. The first-order valence-electron chi connectivity index (χ1n) is 7.33. The molecule has 0 aromatic heterocycles. The van der Waals surface area contributed by atoms with Gasteiger partial charge in [0.1, 0.15) is 5.82 Å². The zero-order valence-electron chi connectivity index (χ0n) is 12.2. The Morgan fingerprint density at radius 2 is 2.04 bits per heavy atom. The third kappa shape index (κ3) is 2.74. The van der Waals surface area contributed by atoms with Crippen LogP contribution in [0.15, 0.2) is 41.3 Å². The van der Waals surface area contributed by atoms with Gasteiger partial charge in [0.2, 0.25) is 6.79 Å². The van der Waals surface area contributed by atoms with Crippen molar-refractivity contribution in [2.75, 3.05) is 12.5 Å². The predicted octanol–water partition coefficient (Wildman–Crippen LogP) is 3.52. The van der Waals surface area contributed by atoms with E-state index in [1.54, 1.807) is 36.0 Å². The zero-order chi connectivity index (χ0) is 15.8. The highest BCUT2D eigenvalue weighted by atomic mass is 32.2. The highest BCUT2D eigenvalue weighted by Crippen LogP contribution is 2.37. The third-order valence-corrected chi connectivity index (χ3v) is 5.07. The van der Waals surface area contributed by atoms with Crippen molar-refractivity contribution in [3.05, 3.63) is 53.3 Å².